The van der Waals surface area contributed by atoms with E-state index in [-0.39, 0.29) is 22.6 Å². The number of hydrogen-bond donors (Lipinski definition) is 6. The van der Waals surface area contributed by atoms with E-state index in [0.29, 0.717) is 28.1 Å². The smallest absolute Gasteiger partial charge is 0.268 e. The van der Waals surface area contributed by atoms with Gasteiger partial charge >= 0.3 is 0 Å². The van der Waals surface area contributed by atoms with Crippen LogP contribution in [0.4, 0.5) is 0 Å². The van der Waals surface area contributed by atoms with Crippen LogP contribution in [0.1, 0.15) is 34.0 Å². The highest BCUT2D eigenvalue weighted by Crippen LogP contribution is 2.35. The zero-order chi connectivity index (χ0) is 16.7. The fraction of sp³-hybridized carbons (Fsp3) is 0.200. The molecule has 0 amide bonds. The summed E-state index contributed by atoms with van der Waals surface area (Å²) in [5.41, 5.74) is 1.76. The second-order valence-corrected chi connectivity index (χ2v) is 5.42. The topological polar surface area (TPSA) is 138 Å². The zero-order valence-corrected chi connectivity index (χ0v) is 12.5. The first-order valence-electron chi connectivity index (χ1n) is 6.96. The number of aromatic hydroxyl groups is 2. The van der Waals surface area contributed by atoms with Crippen LogP contribution >= 0.6 is 0 Å². The third-order valence-corrected chi connectivity index (χ3v) is 3.93. The quantitative estimate of drug-likeness (QED) is 0.400. The van der Waals surface area contributed by atoms with Gasteiger partial charge in [0.05, 0.1) is 11.1 Å². The molecule has 0 spiro atoms. The molecule has 0 aliphatic rings. The van der Waals surface area contributed by atoms with Crippen molar-refractivity contribution in [2.24, 2.45) is 0 Å². The number of aromatic nitrogens is 4. The van der Waals surface area contributed by atoms with Crippen LogP contribution in [0.15, 0.2) is 27.8 Å². The number of hydrogen-bond acceptors (Lipinski definition) is 4. The molecule has 8 nitrogen and oxygen atoms in total. The molecule has 0 bridgehead atoms. The van der Waals surface area contributed by atoms with Crippen molar-refractivity contribution in [3.8, 4) is 11.5 Å². The zero-order valence-electron chi connectivity index (χ0n) is 12.5. The first-order valence-corrected chi connectivity index (χ1v) is 6.96. The lowest BCUT2D eigenvalue weighted by atomic mass is 9.85. The maximum absolute atomic E-state index is 12.2. The fourth-order valence-corrected chi connectivity index (χ4v) is 2.80. The summed E-state index contributed by atoms with van der Waals surface area (Å²) >= 11 is 0. The second kappa shape index (κ2) is 5.24. The molecule has 0 saturated heterocycles. The van der Waals surface area contributed by atoms with Gasteiger partial charge in [-0.3, -0.25) is 19.8 Å². The van der Waals surface area contributed by atoms with Gasteiger partial charge in [-0.05, 0) is 31.5 Å². The Balaban J connectivity index is 2.33. The molecule has 2 heterocycles. The molecule has 3 rings (SSSR count). The van der Waals surface area contributed by atoms with Gasteiger partial charge in [0.15, 0.2) is 11.5 Å². The van der Waals surface area contributed by atoms with Crippen molar-refractivity contribution in [3.05, 3.63) is 67.0 Å². The summed E-state index contributed by atoms with van der Waals surface area (Å²) in [6, 6.07) is 4.24. The summed E-state index contributed by atoms with van der Waals surface area (Å²) in [4.78, 5) is 24.4. The van der Waals surface area contributed by atoms with Gasteiger partial charge in [0.2, 0.25) is 0 Å². The lowest BCUT2D eigenvalue weighted by Crippen LogP contribution is -2.20. The van der Waals surface area contributed by atoms with E-state index in [1.807, 2.05) is 0 Å². The minimum Gasteiger partial charge on any atom is -0.504 e. The van der Waals surface area contributed by atoms with E-state index in [1.54, 1.807) is 19.9 Å². The minimum absolute atomic E-state index is 0.271. The lowest BCUT2D eigenvalue weighted by Gasteiger charge is -2.16. The molecule has 0 unspecified atom stereocenters. The number of aromatic amines is 4. The van der Waals surface area contributed by atoms with Crippen molar-refractivity contribution < 1.29 is 10.2 Å². The molecule has 6 N–H and O–H groups in total. The van der Waals surface area contributed by atoms with Crippen LogP contribution < -0.4 is 11.1 Å². The minimum atomic E-state index is -0.688. The maximum atomic E-state index is 12.2. The molecule has 0 atom stereocenters. The fourth-order valence-electron chi connectivity index (χ4n) is 2.80. The van der Waals surface area contributed by atoms with E-state index in [0.717, 1.165) is 0 Å². The number of phenols is 2. The summed E-state index contributed by atoms with van der Waals surface area (Å²) in [5.74, 6) is -1.28. The summed E-state index contributed by atoms with van der Waals surface area (Å²) in [7, 11) is 0. The molecule has 0 aliphatic carbocycles. The number of phenolic OH excluding ortho intramolecular Hbond substituents is 2. The SMILES string of the molecule is Cc1[nH][nH]c(=O)c1C(c1ccc(O)c(O)c1)c1c(C)[nH][nH]c1=O. The molecule has 23 heavy (non-hydrogen) atoms. The number of benzene rings is 1. The Kier molecular flexibility index (Phi) is 3.36. The second-order valence-electron chi connectivity index (χ2n) is 5.42. The summed E-state index contributed by atoms with van der Waals surface area (Å²) in [6.45, 7) is 3.44. The molecule has 0 radical (unpaired) electrons. The van der Waals surface area contributed by atoms with E-state index < -0.39 is 5.92 Å². The molecular formula is C15H16N4O4. The Hall–Kier alpha value is -3.16. The van der Waals surface area contributed by atoms with E-state index in [1.165, 1.54) is 12.1 Å². The van der Waals surface area contributed by atoms with Crippen molar-refractivity contribution in [1.82, 2.24) is 20.4 Å². The van der Waals surface area contributed by atoms with E-state index in [2.05, 4.69) is 20.4 Å². The number of nitrogens with one attached hydrogen (secondary N) is 4. The molecule has 120 valence electrons. The Bertz CT molecular complexity index is 922. The normalized spacial score (nSPS) is 11.3. The van der Waals surface area contributed by atoms with Gasteiger partial charge in [-0.25, -0.2) is 0 Å². The van der Waals surface area contributed by atoms with Crippen molar-refractivity contribution in [2.75, 3.05) is 0 Å². The highest BCUT2D eigenvalue weighted by molar-refractivity contribution is 5.49. The first kappa shape index (κ1) is 14.8. The van der Waals surface area contributed by atoms with Gasteiger partial charge in [0.1, 0.15) is 0 Å². The predicted octanol–water partition coefficient (Wildman–Crippen LogP) is 0.928. The van der Waals surface area contributed by atoms with Gasteiger partial charge in [-0.1, -0.05) is 6.07 Å². The van der Waals surface area contributed by atoms with Crippen LogP contribution in [0, 0.1) is 13.8 Å². The van der Waals surface area contributed by atoms with Crippen LogP contribution in [0.2, 0.25) is 0 Å². The predicted molar refractivity (Wildman–Crippen MR) is 83.0 cm³/mol. The van der Waals surface area contributed by atoms with Crippen LogP contribution in [0.3, 0.4) is 0 Å². The van der Waals surface area contributed by atoms with Gasteiger partial charge in [-0.15, -0.1) is 0 Å². The van der Waals surface area contributed by atoms with Gasteiger partial charge in [0.25, 0.3) is 11.1 Å². The molecule has 8 heteroatoms. The van der Waals surface area contributed by atoms with Crippen molar-refractivity contribution in [2.45, 2.75) is 19.8 Å². The Morgan fingerprint density at radius 1 is 0.826 bits per heavy atom. The number of aryl methyl sites for hydroxylation is 2. The molecular weight excluding hydrogens is 300 g/mol. The summed E-state index contributed by atoms with van der Waals surface area (Å²) in [6.07, 6.45) is 0. The van der Waals surface area contributed by atoms with Gasteiger partial charge in [-0.2, -0.15) is 0 Å². The standard InChI is InChI=1S/C15H16N4O4/c1-6-11(14(22)18-16-6)13(12-7(2)17-19-15(12)23)8-3-4-9(20)10(21)5-8/h3-5,13,20-21H,1-2H3,(H2,16,18,22)(H2,17,19,23). The molecule has 1 aromatic carbocycles. The molecule has 0 fully saturated rings. The largest absolute Gasteiger partial charge is 0.504 e. The first-order chi connectivity index (χ1) is 10.9. The van der Waals surface area contributed by atoms with Crippen molar-refractivity contribution >= 4 is 0 Å². The number of rotatable bonds is 3. The molecule has 0 aliphatic heterocycles. The van der Waals surface area contributed by atoms with Crippen LogP contribution in [0.5, 0.6) is 11.5 Å². The lowest BCUT2D eigenvalue weighted by molar-refractivity contribution is 0.403. The molecule has 2 aromatic heterocycles. The Morgan fingerprint density at radius 2 is 1.35 bits per heavy atom. The van der Waals surface area contributed by atoms with Gasteiger partial charge in [0, 0.05) is 17.3 Å². The summed E-state index contributed by atoms with van der Waals surface area (Å²) < 4.78 is 0. The van der Waals surface area contributed by atoms with E-state index in [9.17, 15) is 19.8 Å². The highest BCUT2D eigenvalue weighted by Gasteiger charge is 2.28. The maximum Gasteiger partial charge on any atom is 0.268 e. The van der Waals surface area contributed by atoms with Crippen LogP contribution in [-0.2, 0) is 0 Å². The van der Waals surface area contributed by atoms with Crippen LogP contribution in [-0.4, -0.2) is 30.6 Å². The van der Waals surface area contributed by atoms with Gasteiger partial charge < -0.3 is 20.4 Å². The summed E-state index contributed by atoms with van der Waals surface area (Å²) in [5, 5.41) is 29.8. The van der Waals surface area contributed by atoms with Crippen LogP contribution in [0.25, 0.3) is 0 Å². The van der Waals surface area contributed by atoms with Crippen molar-refractivity contribution in [3.63, 3.8) is 0 Å². The average Bonchev–Trinajstić information content (AvgIpc) is 3.01. The Labute approximate surface area is 129 Å². The number of H-pyrrole nitrogens is 4. The average molecular weight is 316 g/mol. The monoisotopic (exact) mass is 316 g/mol. The van der Waals surface area contributed by atoms with E-state index in [4.69, 9.17) is 0 Å². The highest BCUT2D eigenvalue weighted by atomic mass is 16.3. The van der Waals surface area contributed by atoms with Crippen molar-refractivity contribution in [1.29, 1.82) is 0 Å². The Morgan fingerprint density at radius 3 is 1.74 bits per heavy atom. The molecule has 3 aromatic rings. The third kappa shape index (κ3) is 2.33. The van der Waals surface area contributed by atoms with E-state index >= 15 is 0 Å². The molecule has 0 saturated carbocycles. The third-order valence-electron chi connectivity index (χ3n) is 3.93.